The van der Waals surface area contributed by atoms with Crippen molar-refractivity contribution in [3.8, 4) is 5.75 Å². The lowest BCUT2D eigenvalue weighted by Gasteiger charge is -2.28. The summed E-state index contributed by atoms with van der Waals surface area (Å²) in [4.78, 5) is 27.0. The number of carbonyl (C=O) groups excluding carboxylic acids is 2. The molecule has 0 aliphatic carbocycles. The summed E-state index contributed by atoms with van der Waals surface area (Å²) in [6.07, 6.45) is 0. The van der Waals surface area contributed by atoms with Crippen LogP contribution < -0.4 is 5.32 Å². The Hall–Kier alpha value is -3.15. The Kier molecular flexibility index (Phi) is 5.94. The number of phenolic OH excluding ortho intramolecular Hbond substituents is 1. The molecule has 0 bridgehead atoms. The Bertz CT molecular complexity index is 1070. The van der Waals surface area contributed by atoms with Crippen molar-refractivity contribution in [1.82, 2.24) is 10.2 Å². The van der Waals surface area contributed by atoms with Crippen LogP contribution in [-0.2, 0) is 17.4 Å². The number of ketones is 1. The smallest absolute Gasteiger partial charge is 0.251 e. The molecular weight excluding hydrogens is 402 g/mol. The van der Waals surface area contributed by atoms with Crippen LogP contribution in [0.1, 0.15) is 84.5 Å². The second kappa shape index (κ2) is 8.08. The summed E-state index contributed by atoms with van der Waals surface area (Å²) in [6.45, 7) is 12.6. The fourth-order valence-corrected chi connectivity index (χ4v) is 4.01. The van der Waals surface area contributed by atoms with E-state index in [1.165, 1.54) is 0 Å². The van der Waals surface area contributed by atoms with Crippen molar-refractivity contribution in [3.63, 3.8) is 0 Å². The first-order valence-corrected chi connectivity index (χ1v) is 10.8. The third-order valence-corrected chi connectivity index (χ3v) is 5.91. The first-order valence-electron chi connectivity index (χ1n) is 10.8. The molecule has 1 heterocycles. The maximum Gasteiger partial charge on any atom is 0.251 e. The van der Waals surface area contributed by atoms with E-state index in [9.17, 15) is 14.7 Å². The highest BCUT2D eigenvalue weighted by Gasteiger charge is 2.30. The molecule has 0 aromatic heterocycles. The zero-order valence-electron chi connectivity index (χ0n) is 20.0. The number of nitrogens with one attached hydrogen (secondary N) is 2. The molecule has 0 atom stereocenters. The molecular formula is C26H33N3O3. The number of hydrogen-bond donors (Lipinski definition) is 3. The Labute approximate surface area is 190 Å². The van der Waals surface area contributed by atoms with Crippen molar-refractivity contribution in [2.75, 3.05) is 13.6 Å². The van der Waals surface area contributed by atoms with Crippen molar-refractivity contribution in [3.05, 3.63) is 63.7 Å². The quantitative estimate of drug-likeness (QED) is 0.622. The first-order chi connectivity index (χ1) is 14.7. The summed E-state index contributed by atoms with van der Waals surface area (Å²) in [5.41, 5.74) is 3.45. The molecule has 1 amide bonds. The number of rotatable bonds is 4. The van der Waals surface area contributed by atoms with Gasteiger partial charge in [-0.1, -0.05) is 47.6 Å². The molecule has 0 unspecified atom stereocenters. The zero-order valence-corrected chi connectivity index (χ0v) is 20.0. The van der Waals surface area contributed by atoms with Crippen molar-refractivity contribution >= 4 is 17.5 Å². The monoisotopic (exact) mass is 435 g/mol. The van der Waals surface area contributed by atoms with E-state index in [4.69, 9.17) is 5.41 Å². The minimum atomic E-state index is -0.326. The largest absolute Gasteiger partial charge is 0.507 e. The molecule has 3 N–H and O–H groups in total. The van der Waals surface area contributed by atoms with Gasteiger partial charge in [0.15, 0.2) is 5.78 Å². The van der Waals surface area contributed by atoms with E-state index >= 15 is 0 Å². The van der Waals surface area contributed by atoms with Crippen LogP contribution in [0.2, 0.25) is 0 Å². The van der Waals surface area contributed by atoms with E-state index in [2.05, 4.69) is 5.32 Å². The van der Waals surface area contributed by atoms with Crippen molar-refractivity contribution in [2.24, 2.45) is 0 Å². The van der Waals surface area contributed by atoms with Gasteiger partial charge in [0, 0.05) is 41.4 Å². The van der Waals surface area contributed by atoms with Gasteiger partial charge in [-0.25, -0.2) is 0 Å². The lowest BCUT2D eigenvalue weighted by molar-refractivity contribution is 0.0954. The van der Waals surface area contributed by atoms with E-state index in [1.807, 2.05) is 47.6 Å². The number of amidine groups is 1. The number of nitrogens with zero attached hydrogens (tertiary/aromatic N) is 1. The zero-order chi connectivity index (χ0) is 24.0. The van der Waals surface area contributed by atoms with Crippen molar-refractivity contribution in [1.29, 1.82) is 5.41 Å². The predicted octanol–water partition coefficient (Wildman–Crippen LogP) is 4.37. The van der Waals surface area contributed by atoms with Gasteiger partial charge in [0.25, 0.3) is 5.91 Å². The van der Waals surface area contributed by atoms with Gasteiger partial charge >= 0.3 is 0 Å². The fraction of sp³-hybridized carbons (Fsp3) is 0.423. The number of phenols is 1. The van der Waals surface area contributed by atoms with Gasteiger partial charge in [-0.05, 0) is 40.7 Å². The molecule has 1 aliphatic heterocycles. The van der Waals surface area contributed by atoms with Crippen LogP contribution in [0.25, 0.3) is 0 Å². The minimum absolute atomic E-state index is 0.0563. The average Bonchev–Trinajstić information content (AvgIpc) is 3.00. The van der Waals surface area contributed by atoms with E-state index in [0.29, 0.717) is 23.2 Å². The van der Waals surface area contributed by atoms with E-state index in [-0.39, 0.29) is 40.7 Å². The normalized spacial score (nSPS) is 13.8. The highest BCUT2D eigenvalue weighted by atomic mass is 16.3. The van der Waals surface area contributed by atoms with E-state index in [1.54, 1.807) is 36.2 Å². The standard InChI is InChI=1S/C26H33N3O3/c1-25(2,3)19-11-17(12-20(22(19)31)26(4,5)6)21(30)14-29-13-16-9-8-15(24(32)28-7)10-18(16)23(29)27/h8-12,27,31H,13-14H2,1-7H3,(H,28,32). The maximum atomic E-state index is 13.3. The lowest BCUT2D eigenvalue weighted by atomic mass is 9.78. The molecule has 2 aromatic carbocycles. The molecule has 3 rings (SSSR count). The predicted molar refractivity (Wildman–Crippen MR) is 127 cm³/mol. The second-order valence-electron chi connectivity index (χ2n) is 10.5. The number of aromatic hydroxyl groups is 1. The third-order valence-electron chi connectivity index (χ3n) is 5.91. The SMILES string of the molecule is CNC(=O)c1ccc2c(c1)C(=N)N(CC(=O)c1cc(C(C)(C)C)c(O)c(C(C)(C)C)c1)C2. The molecule has 32 heavy (non-hydrogen) atoms. The molecule has 6 nitrogen and oxygen atoms in total. The van der Waals surface area contributed by atoms with Gasteiger partial charge in [-0.3, -0.25) is 15.0 Å². The molecule has 0 radical (unpaired) electrons. The highest BCUT2D eigenvalue weighted by molar-refractivity contribution is 6.07. The molecule has 0 fully saturated rings. The molecule has 6 heteroatoms. The molecule has 0 spiro atoms. The van der Waals surface area contributed by atoms with Crippen LogP contribution in [-0.4, -0.2) is 41.1 Å². The number of amides is 1. The number of Topliss-reactive ketones (excluding diaryl/α,β-unsaturated/α-hetero) is 1. The van der Waals surface area contributed by atoms with Crippen LogP contribution >= 0.6 is 0 Å². The summed E-state index contributed by atoms with van der Waals surface area (Å²) in [7, 11) is 1.57. The Morgan fingerprint density at radius 2 is 1.56 bits per heavy atom. The van der Waals surface area contributed by atoms with Crippen LogP contribution in [0.15, 0.2) is 30.3 Å². The van der Waals surface area contributed by atoms with Crippen LogP contribution in [0.5, 0.6) is 5.75 Å². The van der Waals surface area contributed by atoms with Gasteiger partial charge in [0.1, 0.15) is 11.6 Å². The highest BCUT2D eigenvalue weighted by Crippen LogP contribution is 2.40. The average molecular weight is 436 g/mol. The van der Waals surface area contributed by atoms with Gasteiger partial charge in [0.05, 0.1) is 6.54 Å². The molecule has 1 aliphatic rings. The Morgan fingerprint density at radius 3 is 2.06 bits per heavy atom. The summed E-state index contributed by atoms with van der Waals surface area (Å²) >= 11 is 0. The summed E-state index contributed by atoms with van der Waals surface area (Å²) in [5, 5.41) is 22.1. The fourth-order valence-electron chi connectivity index (χ4n) is 4.01. The van der Waals surface area contributed by atoms with Crippen molar-refractivity contribution in [2.45, 2.75) is 58.9 Å². The molecule has 170 valence electrons. The van der Waals surface area contributed by atoms with Crippen LogP contribution in [0.3, 0.4) is 0 Å². The van der Waals surface area contributed by atoms with E-state index in [0.717, 1.165) is 16.7 Å². The lowest BCUT2D eigenvalue weighted by Crippen LogP contribution is -2.31. The Morgan fingerprint density at radius 1 is 1.00 bits per heavy atom. The number of hydrogen-bond acceptors (Lipinski definition) is 4. The summed E-state index contributed by atoms with van der Waals surface area (Å²) < 4.78 is 0. The summed E-state index contributed by atoms with van der Waals surface area (Å²) in [6, 6.07) is 8.85. The minimum Gasteiger partial charge on any atom is -0.507 e. The molecule has 0 saturated carbocycles. The van der Waals surface area contributed by atoms with Crippen molar-refractivity contribution < 1.29 is 14.7 Å². The second-order valence-corrected chi connectivity index (χ2v) is 10.5. The third kappa shape index (κ3) is 4.40. The van der Waals surface area contributed by atoms with Gasteiger partial charge in [-0.2, -0.15) is 0 Å². The number of fused-ring (bicyclic) bond motifs is 1. The molecule has 2 aromatic rings. The van der Waals surface area contributed by atoms with E-state index < -0.39 is 0 Å². The molecule has 0 saturated heterocycles. The van der Waals surface area contributed by atoms with Gasteiger partial charge in [0.2, 0.25) is 0 Å². The van der Waals surface area contributed by atoms with Gasteiger partial charge < -0.3 is 15.3 Å². The summed E-state index contributed by atoms with van der Waals surface area (Å²) in [5.74, 6) is 0.170. The van der Waals surface area contributed by atoms with Crippen LogP contribution in [0, 0.1) is 5.41 Å². The number of carbonyl (C=O) groups is 2. The number of benzene rings is 2. The topological polar surface area (TPSA) is 93.5 Å². The van der Waals surface area contributed by atoms with Crippen LogP contribution in [0.4, 0.5) is 0 Å². The Balaban J connectivity index is 1.92. The maximum absolute atomic E-state index is 13.3. The first kappa shape index (κ1) is 23.5. The van der Waals surface area contributed by atoms with Gasteiger partial charge in [-0.15, -0.1) is 0 Å².